The lowest BCUT2D eigenvalue weighted by molar-refractivity contribution is -0.137. The first kappa shape index (κ1) is 29.7. The molecule has 1 atom stereocenters. The predicted octanol–water partition coefficient (Wildman–Crippen LogP) is 3.95. The summed E-state index contributed by atoms with van der Waals surface area (Å²) < 4.78 is 38.7. The molecule has 0 spiro atoms. The van der Waals surface area contributed by atoms with Crippen LogP contribution in [0, 0.1) is 5.92 Å². The quantitative estimate of drug-likeness (QED) is 0.505. The van der Waals surface area contributed by atoms with Crippen molar-refractivity contribution in [2.75, 3.05) is 52.4 Å². The van der Waals surface area contributed by atoms with Crippen molar-refractivity contribution >= 4 is 17.6 Å². The molecule has 2 aliphatic rings. The maximum atomic E-state index is 12.9. The van der Waals surface area contributed by atoms with Gasteiger partial charge >= 0.3 is 6.18 Å². The van der Waals surface area contributed by atoms with Crippen LogP contribution < -0.4 is 5.32 Å². The lowest BCUT2D eigenvalue weighted by Gasteiger charge is -2.43. The number of carbonyl (C=O) groups excluding carboxylic acids is 3. The molecule has 0 bridgehead atoms. The van der Waals surface area contributed by atoms with E-state index in [1.807, 2.05) is 35.2 Å². The van der Waals surface area contributed by atoms with Gasteiger partial charge in [0.15, 0.2) is 5.78 Å². The number of Topliss-reactive ketones (excluding diaryl/α,β-unsaturated/α-hetero) is 1. The average Bonchev–Trinajstić information content (AvgIpc) is 3.41. The molecule has 40 heavy (non-hydrogen) atoms. The average molecular weight is 559 g/mol. The predicted molar refractivity (Wildman–Crippen MR) is 146 cm³/mol. The molecule has 0 aliphatic carbocycles. The molecule has 2 aromatic carbocycles. The lowest BCUT2D eigenvalue weighted by Crippen LogP contribution is -2.56. The SMILES string of the molecule is CC(C)(CN1CCN(C(=O)c2ccccc2)CC1)N1CC[C@@H](CC(=O)CNC(=O)c2cccc(C(F)(F)F)c2)C1. The zero-order chi connectivity index (χ0) is 28.9. The van der Waals surface area contributed by atoms with Gasteiger partial charge in [0.1, 0.15) is 0 Å². The Labute approximate surface area is 233 Å². The van der Waals surface area contributed by atoms with Gasteiger partial charge in [-0.15, -0.1) is 0 Å². The second-order valence-electron chi connectivity index (χ2n) is 11.4. The number of likely N-dealkylation sites (tertiary alicyclic amines) is 1. The minimum Gasteiger partial charge on any atom is -0.345 e. The standard InChI is InChI=1S/C30H37F3N4O3/c1-29(2,21-35-13-15-36(16-14-35)28(40)23-7-4-3-5-8-23)37-12-11-22(20-37)17-26(38)19-34-27(39)24-9-6-10-25(18-24)30(31,32)33/h3-10,18,22H,11-17,19-21H2,1-2H3,(H,34,39)/t22-/m0/s1. The van der Waals surface area contributed by atoms with Crippen molar-refractivity contribution in [1.29, 1.82) is 0 Å². The summed E-state index contributed by atoms with van der Waals surface area (Å²) in [5.41, 5.74) is -0.422. The highest BCUT2D eigenvalue weighted by atomic mass is 19.4. The van der Waals surface area contributed by atoms with E-state index in [0.717, 1.165) is 51.3 Å². The van der Waals surface area contributed by atoms with E-state index >= 15 is 0 Å². The molecule has 2 saturated heterocycles. The van der Waals surface area contributed by atoms with Crippen LogP contribution in [-0.4, -0.2) is 90.2 Å². The van der Waals surface area contributed by atoms with Gasteiger partial charge in [-0.3, -0.25) is 24.2 Å². The number of ketones is 1. The number of amides is 2. The number of carbonyl (C=O) groups is 3. The van der Waals surface area contributed by atoms with Gasteiger partial charge in [-0.25, -0.2) is 0 Å². The summed E-state index contributed by atoms with van der Waals surface area (Å²) in [6, 6.07) is 13.5. The Morgan fingerprint density at radius 3 is 2.25 bits per heavy atom. The topological polar surface area (TPSA) is 73.0 Å². The molecule has 2 heterocycles. The molecule has 0 radical (unpaired) electrons. The van der Waals surface area contributed by atoms with Crippen molar-refractivity contribution in [1.82, 2.24) is 20.0 Å². The van der Waals surface area contributed by atoms with Crippen molar-refractivity contribution < 1.29 is 27.6 Å². The molecule has 2 fully saturated rings. The summed E-state index contributed by atoms with van der Waals surface area (Å²) in [6.45, 7) is 9.69. The van der Waals surface area contributed by atoms with E-state index in [9.17, 15) is 27.6 Å². The van der Waals surface area contributed by atoms with Gasteiger partial charge in [0.2, 0.25) is 0 Å². The van der Waals surface area contributed by atoms with Gasteiger partial charge < -0.3 is 10.2 Å². The van der Waals surface area contributed by atoms with E-state index in [0.29, 0.717) is 25.1 Å². The number of halogens is 3. The third-order valence-electron chi connectivity index (χ3n) is 7.85. The van der Waals surface area contributed by atoms with E-state index < -0.39 is 17.6 Å². The molecule has 2 amide bonds. The Morgan fingerprint density at radius 1 is 0.900 bits per heavy atom. The fraction of sp³-hybridized carbons (Fsp3) is 0.500. The van der Waals surface area contributed by atoms with Gasteiger partial charge in [-0.2, -0.15) is 13.2 Å². The maximum absolute atomic E-state index is 12.9. The second kappa shape index (κ2) is 12.5. The van der Waals surface area contributed by atoms with Crippen LogP contribution >= 0.6 is 0 Å². The Bertz CT molecular complexity index is 1190. The van der Waals surface area contributed by atoms with Crippen molar-refractivity contribution in [3.63, 3.8) is 0 Å². The Kier molecular flexibility index (Phi) is 9.30. The maximum Gasteiger partial charge on any atom is 0.416 e. The molecule has 0 unspecified atom stereocenters. The summed E-state index contributed by atoms with van der Waals surface area (Å²) in [7, 11) is 0. The minimum absolute atomic E-state index is 0.0672. The number of hydrogen-bond donors (Lipinski definition) is 1. The smallest absolute Gasteiger partial charge is 0.345 e. The number of rotatable bonds is 9. The minimum atomic E-state index is -4.54. The van der Waals surface area contributed by atoms with Crippen molar-refractivity contribution in [2.24, 2.45) is 5.92 Å². The number of hydrogen-bond acceptors (Lipinski definition) is 5. The van der Waals surface area contributed by atoms with Crippen LogP contribution in [-0.2, 0) is 11.0 Å². The van der Waals surface area contributed by atoms with Crippen molar-refractivity contribution in [3.8, 4) is 0 Å². The molecule has 7 nitrogen and oxygen atoms in total. The molecule has 10 heteroatoms. The van der Waals surface area contributed by atoms with Crippen LogP contribution in [0.2, 0.25) is 0 Å². The zero-order valence-corrected chi connectivity index (χ0v) is 23.0. The fourth-order valence-electron chi connectivity index (χ4n) is 5.58. The molecule has 216 valence electrons. The van der Waals surface area contributed by atoms with E-state index in [4.69, 9.17) is 0 Å². The normalized spacial score (nSPS) is 19.0. The van der Waals surface area contributed by atoms with Gasteiger partial charge in [-0.1, -0.05) is 24.3 Å². The summed E-state index contributed by atoms with van der Waals surface area (Å²) in [5.74, 6) is -0.599. The molecule has 4 rings (SSSR count). The van der Waals surface area contributed by atoms with Crippen molar-refractivity contribution in [2.45, 2.75) is 38.4 Å². The van der Waals surface area contributed by atoms with Crippen molar-refractivity contribution in [3.05, 3.63) is 71.3 Å². The van der Waals surface area contributed by atoms with Gasteiger partial charge in [-0.05, 0) is 63.1 Å². The molecule has 2 aromatic rings. The van der Waals surface area contributed by atoms with Crippen LogP contribution in [0.15, 0.2) is 54.6 Å². The second-order valence-corrected chi connectivity index (χ2v) is 11.4. The van der Waals surface area contributed by atoms with E-state index in [-0.39, 0.29) is 35.3 Å². The number of piperazine rings is 1. The third-order valence-corrected chi connectivity index (χ3v) is 7.85. The number of alkyl halides is 3. The number of nitrogens with one attached hydrogen (secondary N) is 1. The molecule has 1 N–H and O–H groups in total. The van der Waals surface area contributed by atoms with Gasteiger partial charge in [0.05, 0.1) is 12.1 Å². The summed E-state index contributed by atoms with van der Waals surface area (Å²) in [5, 5.41) is 2.46. The summed E-state index contributed by atoms with van der Waals surface area (Å²) in [4.78, 5) is 44.3. The first-order valence-electron chi connectivity index (χ1n) is 13.7. The highest BCUT2D eigenvalue weighted by Crippen LogP contribution is 2.30. The first-order valence-corrected chi connectivity index (χ1v) is 13.7. The molecular weight excluding hydrogens is 521 g/mol. The third kappa shape index (κ3) is 7.69. The van der Waals surface area contributed by atoms with Crippen LogP contribution in [0.5, 0.6) is 0 Å². The van der Waals surface area contributed by atoms with Gasteiger partial charge in [0.25, 0.3) is 11.8 Å². The Hall–Kier alpha value is -3.24. The number of nitrogens with zero attached hydrogens (tertiary/aromatic N) is 3. The van der Waals surface area contributed by atoms with E-state index in [1.165, 1.54) is 12.1 Å². The molecule has 0 aromatic heterocycles. The first-order chi connectivity index (χ1) is 18.9. The van der Waals surface area contributed by atoms with Crippen LogP contribution in [0.1, 0.15) is 53.0 Å². The number of benzene rings is 2. The Morgan fingerprint density at radius 2 is 1.57 bits per heavy atom. The molecule has 0 saturated carbocycles. The van der Waals surface area contributed by atoms with Crippen LogP contribution in [0.25, 0.3) is 0 Å². The lowest BCUT2D eigenvalue weighted by atomic mass is 10.00. The van der Waals surface area contributed by atoms with Crippen LogP contribution in [0.4, 0.5) is 13.2 Å². The van der Waals surface area contributed by atoms with E-state index in [2.05, 4.69) is 29.0 Å². The highest BCUT2D eigenvalue weighted by molar-refractivity contribution is 5.97. The molecular formula is C30H37F3N4O3. The Balaban J connectivity index is 1.19. The van der Waals surface area contributed by atoms with Gasteiger partial charge in [0, 0.05) is 62.4 Å². The molecule has 2 aliphatic heterocycles. The van der Waals surface area contributed by atoms with E-state index in [1.54, 1.807) is 0 Å². The largest absolute Gasteiger partial charge is 0.416 e. The summed E-state index contributed by atoms with van der Waals surface area (Å²) in [6.07, 6.45) is -3.35. The van der Waals surface area contributed by atoms with Crippen LogP contribution in [0.3, 0.4) is 0 Å². The fourth-order valence-corrected chi connectivity index (χ4v) is 5.58. The highest BCUT2D eigenvalue weighted by Gasteiger charge is 2.36. The zero-order valence-electron chi connectivity index (χ0n) is 23.0. The summed E-state index contributed by atoms with van der Waals surface area (Å²) >= 11 is 0. The monoisotopic (exact) mass is 558 g/mol.